The normalized spacial score (nSPS) is 20.1. The lowest BCUT2D eigenvalue weighted by Crippen LogP contribution is -2.54. The van der Waals surface area contributed by atoms with E-state index >= 15 is 0 Å². The highest BCUT2D eigenvalue weighted by Crippen LogP contribution is 2.40. The van der Waals surface area contributed by atoms with Crippen molar-refractivity contribution in [3.05, 3.63) is 71.8 Å². The maximum Gasteiger partial charge on any atom is 0.324 e. The first-order chi connectivity index (χ1) is 14.9. The van der Waals surface area contributed by atoms with Gasteiger partial charge in [-0.25, -0.2) is 4.79 Å². The van der Waals surface area contributed by atoms with Gasteiger partial charge in [-0.15, -0.1) is 0 Å². The summed E-state index contributed by atoms with van der Waals surface area (Å²) in [4.78, 5) is 41.9. The van der Waals surface area contributed by atoms with E-state index in [0.29, 0.717) is 5.56 Å². The van der Waals surface area contributed by atoms with Gasteiger partial charge in [-0.2, -0.15) is 0 Å². The smallest absolute Gasteiger partial charge is 0.324 e. The monoisotopic (exact) mass is 434 g/mol. The van der Waals surface area contributed by atoms with Gasteiger partial charge < -0.3 is 5.32 Å². The van der Waals surface area contributed by atoms with Gasteiger partial charge in [-0.05, 0) is 22.0 Å². The number of ketones is 1. The summed E-state index contributed by atoms with van der Waals surface area (Å²) in [6, 6.07) is 17.4. The third-order valence-corrected chi connectivity index (χ3v) is 6.07. The predicted molar refractivity (Wildman–Crippen MR) is 126 cm³/mol. The number of amides is 3. The molecule has 0 aromatic heterocycles. The molecule has 0 bridgehead atoms. The van der Waals surface area contributed by atoms with E-state index in [0.717, 1.165) is 5.56 Å². The molecule has 1 fully saturated rings. The van der Waals surface area contributed by atoms with Gasteiger partial charge in [0.25, 0.3) is 0 Å². The van der Waals surface area contributed by atoms with E-state index in [1.165, 1.54) is 4.90 Å². The molecular weight excluding hydrogens is 400 g/mol. The lowest BCUT2D eigenvalue weighted by molar-refractivity contribution is -0.137. The first kappa shape index (κ1) is 23.7. The minimum atomic E-state index is -1.04. The molecule has 1 unspecified atom stereocenters. The van der Waals surface area contributed by atoms with E-state index in [1.807, 2.05) is 69.3 Å². The van der Waals surface area contributed by atoms with Crippen LogP contribution in [0.15, 0.2) is 60.7 Å². The summed E-state index contributed by atoms with van der Waals surface area (Å²) in [5.41, 5.74) is 0.838. The van der Waals surface area contributed by atoms with Crippen molar-refractivity contribution >= 4 is 17.7 Å². The largest absolute Gasteiger partial charge is 0.332 e. The number of urea groups is 1. The molecule has 32 heavy (non-hydrogen) atoms. The Morgan fingerprint density at radius 2 is 1.41 bits per heavy atom. The number of hydrogen-bond acceptors (Lipinski definition) is 3. The molecule has 170 valence electrons. The zero-order chi connectivity index (χ0) is 23.7. The van der Waals surface area contributed by atoms with Crippen molar-refractivity contribution in [3.63, 3.8) is 0 Å². The number of hydrogen-bond donors (Lipinski definition) is 1. The molecule has 2 aromatic rings. The molecule has 1 aliphatic heterocycles. The highest BCUT2D eigenvalue weighted by molar-refractivity contribution is 6.12. The lowest BCUT2D eigenvalue weighted by atomic mass is 9.73. The van der Waals surface area contributed by atoms with Crippen molar-refractivity contribution in [1.29, 1.82) is 0 Å². The van der Waals surface area contributed by atoms with Crippen LogP contribution in [0.4, 0.5) is 4.79 Å². The van der Waals surface area contributed by atoms with E-state index in [-0.39, 0.29) is 35.1 Å². The Hall–Kier alpha value is -2.95. The van der Waals surface area contributed by atoms with Crippen LogP contribution in [0.5, 0.6) is 0 Å². The molecule has 1 saturated heterocycles. The van der Waals surface area contributed by atoms with Gasteiger partial charge >= 0.3 is 6.03 Å². The summed E-state index contributed by atoms with van der Waals surface area (Å²) in [5, 5.41) is 3.03. The van der Waals surface area contributed by atoms with Gasteiger partial charge in [0.05, 0.1) is 12.1 Å². The molecule has 3 atom stereocenters. The van der Waals surface area contributed by atoms with Crippen LogP contribution in [0.1, 0.15) is 58.6 Å². The molecule has 0 spiro atoms. The van der Waals surface area contributed by atoms with Crippen LogP contribution in [-0.4, -0.2) is 34.7 Å². The number of Topliss-reactive ketones (excluding diaryl/α,β-unsaturated/α-hetero) is 1. The predicted octanol–water partition coefficient (Wildman–Crippen LogP) is 4.96. The summed E-state index contributed by atoms with van der Waals surface area (Å²) in [6.45, 7) is 12.3. The highest BCUT2D eigenvalue weighted by atomic mass is 16.2. The maximum atomic E-state index is 14.0. The van der Waals surface area contributed by atoms with E-state index in [9.17, 15) is 14.4 Å². The second kappa shape index (κ2) is 8.89. The second-order valence-corrected chi connectivity index (χ2v) is 10.8. The summed E-state index contributed by atoms with van der Waals surface area (Å²) in [7, 11) is 0. The number of benzene rings is 2. The number of nitrogens with one attached hydrogen (secondary N) is 1. The van der Waals surface area contributed by atoms with Gasteiger partial charge in [0.2, 0.25) is 5.91 Å². The SMILES string of the molecule is CC(C)(C)[C@@H]1NC(=O)N(C(=O)C(C(=O)Cc2ccccc2)c2ccccc2)[C@H]1C(C)(C)C. The number of imide groups is 1. The number of carbonyl (C=O) groups excluding carboxylic acids is 3. The van der Waals surface area contributed by atoms with E-state index in [4.69, 9.17) is 0 Å². The molecule has 3 rings (SSSR count). The van der Waals surface area contributed by atoms with Crippen LogP contribution in [-0.2, 0) is 16.0 Å². The van der Waals surface area contributed by atoms with Crippen molar-refractivity contribution < 1.29 is 14.4 Å². The zero-order valence-electron chi connectivity index (χ0n) is 19.9. The summed E-state index contributed by atoms with van der Waals surface area (Å²) in [5.74, 6) is -1.71. The maximum absolute atomic E-state index is 14.0. The fourth-order valence-corrected chi connectivity index (χ4v) is 4.52. The molecule has 3 amide bonds. The average molecular weight is 435 g/mol. The van der Waals surface area contributed by atoms with E-state index in [1.54, 1.807) is 12.1 Å². The molecule has 0 saturated carbocycles. The van der Waals surface area contributed by atoms with Crippen LogP contribution >= 0.6 is 0 Å². The van der Waals surface area contributed by atoms with E-state index < -0.39 is 17.9 Å². The van der Waals surface area contributed by atoms with Gasteiger partial charge in [-0.3, -0.25) is 14.5 Å². The fraction of sp³-hybridized carbons (Fsp3) is 0.444. The molecule has 5 nitrogen and oxygen atoms in total. The Balaban J connectivity index is 2.03. The quantitative estimate of drug-likeness (QED) is 0.676. The lowest BCUT2D eigenvalue weighted by Gasteiger charge is -2.41. The molecule has 2 aromatic carbocycles. The van der Waals surface area contributed by atoms with Crippen molar-refractivity contribution in [3.8, 4) is 0 Å². The topological polar surface area (TPSA) is 66.5 Å². The van der Waals surface area contributed by atoms with Gasteiger partial charge in [-0.1, -0.05) is 102 Å². The summed E-state index contributed by atoms with van der Waals surface area (Å²) >= 11 is 0. The van der Waals surface area contributed by atoms with Crippen LogP contribution in [0, 0.1) is 10.8 Å². The standard InChI is InChI=1S/C27H34N2O3/c1-26(2,3)22-23(27(4,5)6)29(25(32)28-22)24(31)21(19-15-11-8-12-16-19)20(30)17-18-13-9-7-10-14-18/h7-16,21-23H,17H2,1-6H3,(H,28,32)/t21?,22-,23-/m1/s1. The summed E-state index contributed by atoms with van der Waals surface area (Å²) in [6.07, 6.45) is 0.129. The van der Waals surface area contributed by atoms with Gasteiger partial charge in [0.15, 0.2) is 5.78 Å². The molecule has 1 aliphatic rings. The fourth-order valence-electron chi connectivity index (χ4n) is 4.52. The number of rotatable bonds is 5. The third kappa shape index (κ3) is 4.93. The first-order valence-corrected chi connectivity index (χ1v) is 11.2. The molecule has 1 heterocycles. The minimum absolute atomic E-state index is 0.129. The highest BCUT2D eigenvalue weighted by Gasteiger charge is 2.54. The Bertz CT molecular complexity index is 971. The Labute approximate surface area is 191 Å². The van der Waals surface area contributed by atoms with Crippen molar-refractivity contribution in [2.45, 2.75) is 66.0 Å². The van der Waals surface area contributed by atoms with Gasteiger partial charge in [0, 0.05) is 6.42 Å². The van der Waals surface area contributed by atoms with Crippen LogP contribution < -0.4 is 5.32 Å². The van der Waals surface area contributed by atoms with Crippen LogP contribution in [0.2, 0.25) is 0 Å². The van der Waals surface area contributed by atoms with Crippen molar-refractivity contribution in [2.24, 2.45) is 10.8 Å². The van der Waals surface area contributed by atoms with Crippen molar-refractivity contribution in [1.82, 2.24) is 10.2 Å². The average Bonchev–Trinajstić information content (AvgIpc) is 3.08. The van der Waals surface area contributed by atoms with E-state index in [2.05, 4.69) is 26.1 Å². The Kier molecular flexibility index (Phi) is 6.59. The molecule has 0 radical (unpaired) electrons. The minimum Gasteiger partial charge on any atom is -0.332 e. The Morgan fingerprint density at radius 3 is 1.91 bits per heavy atom. The summed E-state index contributed by atoms with van der Waals surface area (Å²) < 4.78 is 0. The van der Waals surface area contributed by atoms with Crippen LogP contribution in [0.3, 0.4) is 0 Å². The molecule has 1 N–H and O–H groups in total. The molecule has 5 heteroatoms. The second-order valence-electron chi connectivity index (χ2n) is 10.8. The third-order valence-electron chi connectivity index (χ3n) is 6.07. The first-order valence-electron chi connectivity index (χ1n) is 11.2. The number of nitrogens with zero attached hydrogens (tertiary/aromatic N) is 1. The van der Waals surface area contributed by atoms with Crippen molar-refractivity contribution in [2.75, 3.05) is 0 Å². The Morgan fingerprint density at radius 1 is 0.875 bits per heavy atom. The van der Waals surface area contributed by atoms with Crippen LogP contribution in [0.25, 0.3) is 0 Å². The number of carbonyl (C=O) groups is 3. The molecular formula is C27H34N2O3. The van der Waals surface area contributed by atoms with Gasteiger partial charge in [0.1, 0.15) is 5.92 Å². The zero-order valence-corrected chi connectivity index (χ0v) is 19.9. The molecule has 0 aliphatic carbocycles.